The highest BCUT2D eigenvalue weighted by Gasteiger charge is 2.21. The van der Waals surface area contributed by atoms with Crippen molar-refractivity contribution in [3.8, 4) is 5.75 Å². The lowest BCUT2D eigenvalue weighted by Crippen LogP contribution is -2.24. The summed E-state index contributed by atoms with van der Waals surface area (Å²) >= 11 is 0. The average Bonchev–Trinajstić information content (AvgIpc) is 2.96. The highest BCUT2D eigenvalue weighted by molar-refractivity contribution is 6.19. The third-order valence-electron chi connectivity index (χ3n) is 4.23. The lowest BCUT2D eigenvalue weighted by molar-refractivity contribution is -0.115. The van der Waals surface area contributed by atoms with Crippen LogP contribution >= 0.6 is 0 Å². The summed E-state index contributed by atoms with van der Waals surface area (Å²) in [7, 11) is 1.63. The molecule has 4 nitrogen and oxygen atoms in total. The monoisotopic (exact) mass is 334 g/mol. The van der Waals surface area contributed by atoms with E-state index in [9.17, 15) is 4.79 Å². The predicted molar refractivity (Wildman–Crippen MR) is 101 cm³/mol. The summed E-state index contributed by atoms with van der Waals surface area (Å²) < 4.78 is 5.43. The van der Waals surface area contributed by atoms with Crippen LogP contribution in [0.3, 0.4) is 0 Å². The number of rotatable bonds is 4. The SMILES string of the molecule is COc1ccc(C(C)C)cc1/C=C1\N=C(c2ccc(C)cc2)NC1=O. The molecular weight excluding hydrogens is 312 g/mol. The molecule has 0 spiro atoms. The van der Waals surface area contributed by atoms with E-state index in [0.29, 0.717) is 17.5 Å². The zero-order valence-electron chi connectivity index (χ0n) is 15.0. The van der Waals surface area contributed by atoms with Gasteiger partial charge in [0.15, 0.2) is 0 Å². The van der Waals surface area contributed by atoms with Gasteiger partial charge in [-0.1, -0.05) is 49.7 Å². The van der Waals surface area contributed by atoms with Gasteiger partial charge in [-0.3, -0.25) is 4.79 Å². The van der Waals surface area contributed by atoms with Crippen molar-refractivity contribution in [1.29, 1.82) is 0 Å². The Balaban J connectivity index is 1.99. The minimum atomic E-state index is -0.201. The van der Waals surface area contributed by atoms with Crippen molar-refractivity contribution in [2.24, 2.45) is 4.99 Å². The quantitative estimate of drug-likeness (QED) is 0.858. The number of nitrogens with zero attached hydrogens (tertiary/aromatic N) is 1. The van der Waals surface area contributed by atoms with Gasteiger partial charge in [0.25, 0.3) is 5.91 Å². The number of carbonyl (C=O) groups excluding carboxylic acids is 1. The molecule has 0 radical (unpaired) electrons. The topological polar surface area (TPSA) is 50.7 Å². The Morgan fingerprint density at radius 2 is 1.84 bits per heavy atom. The van der Waals surface area contributed by atoms with Crippen molar-refractivity contribution in [2.45, 2.75) is 26.7 Å². The van der Waals surface area contributed by atoms with Gasteiger partial charge in [-0.2, -0.15) is 0 Å². The fraction of sp³-hybridized carbons (Fsp3) is 0.238. The average molecular weight is 334 g/mol. The van der Waals surface area contributed by atoms with Crippen molar-refractivity contribution in [3.05, 3.63) is 70.4 Å². The number of benzene rings is 2. The Morgan fingerprint density at radius 3 is 2.48 bits per heavy atom. The second-order valence-electron chi connectivity index (χ2n) is 6.47. The molecule has 0 unspecified atom stereocenters. The van der Waals surface area contributed by atoms with E-state index in [4.69, 9.17) is 4.74 Å². The lowest BCUT2D eigenvalue weighted by atomic mass is 10.00. The van der Waals surface area contributed by atoms with Gasteiger partial charge >= 0.3 is 0 Å². The van der Waals surface area contributed by atoms with Gasteiger partial charge in [0.2, 0.25) is 0 Å². The minimum Gasteiger partial charge on any atom is -0.496 e. The van der Waals surface area contributed by atoms with E-state index in [-0.39, 0.29) is 5.91 Å². The second kappa shape index (κ2) is 6.93. The van der Waals surface area contributed by atoms with Crippen LogP contribution in [0.4, 0.5) is 0 Å². The smallest absolute Gasteiger partial charge is 0.275 e. The number of amides is 1. The van der Waals surface area contributed by atoms with Crippen LogP contribution in [0.25, 0.3) is 6.08 Å². The molecule has 0 atom stereocenters. The van der Waals surface area contributed by atoms with E-state index in [1.165, 1.54) is 11.1 Å². The summed E-state index contributed by atoms with van der Waals surface area (Å²) in [5.74, 6) is 1.50. The van der Waals surface area contributed by atoms with Crippen LogP contribution in [0, 0.1) is 6.92 Å². The highest BCUT2D eigenvalue weighted by Crippen LogP contribution is 2.27. The number of methoxy groups -OCH3 is 1. The molecule has 2 aromatic rings. The Labute approximate surface area is 148 Å². The van der Waals surface area contributed by atoms with Gasteiger partial charge in [0, 0.05) is 11.1 Å². The summed E-state index contributed by atoms with van der Waals surface area (Å²) in [5.41, 5.74) is 4.49. The van der Waals surface area contributed by atoms with E-state index in [1.54, 1.807) is 13.2 Å². The van der Waals surface area contributed by atoms with Crippen LogP contribution in [0.2, 0.25) is 0 Å². The molecule has 1 aliphatic rings. The molecule has 0 bridgehead atoms. The predicted octanol–water partition coefficient (Wildman–Crippen LogP) is 4.04. The first-order valence-corrected chi connectivity index (χ1v) is 8.34. The fourth-order valence-electron chi connectivity index (χ4n) is 2.69. The first kappa shape index (κ1) is 17.0. The molecule has 0 saturated carbocycles. The van der Waals surface area contributed by atoms with Crippen LogP contribution in [-0.4, -0.2) is 18.9 Å². The van der Waals surface area contributed by atoms with E-state index in [2.05, 4.69) is 24.2 Å². The van der Waals surface area contributed by atoms with Crippen molar-refractivity contribution >= 4 is 17.8 Å². The van der Waals surface area contributed by atoms with E-state index in [1.807, 2.05) is 49.4 Å². The van der Waals surface area contributed by atoms with E-state index in [0.717, 1.165) is 16.9 Å². The van der Waals surface area contributed by atoms with Crippen molar-refractivity contribution in [3.63, 3.8) is 0 Å². The van der Waals surface area contributed by atoms with Gasteiger partial charge in [-0.05, 0) is 36.6 Å². The Morgan fingerprint density at radius 1 is 1.12 bits per heavy atom. The molecule has 128 valence electrons. The fourth-order valence-corrected chi connectivity index (χ4v) is 2.69. The van der Waals surface area contributed by atoms with E-state index < -0.39 is 0 Å². The number of aliphatic imine (C=N–C) groups is 1. The maximum atomic E-state index is 12.3. The Kier molecular flexibility index (Phi) is 4.70. The standard InChI is InChI=1S/C21H22N2O2/c1-13(2)16-9-10-19(25-4)17(11-16)12-18-21(24)23-20(22-18)15-7-5-14(3)6-8-15/h5-13H,1-4H3,(H,22,23,24)/b18-12-. The molecular formula is C21H22N2O2. The zero-order valence-corrected chi connectivity index (χ0v) is 15.0. The highest BCUT2D eigenvalue weighted by atomic mass is 16.5. The number of hydrogen-bond acceptors (Lipinski definition) is 3. The molecule has 0 saturated heterocycles. The van der Waals surface area contributed by atoms with Gasteiger partial charge in [0.1, 0.15) is 17.3 Å². The minimum absolute atomic E-state index is 0.201. The van der Waals surface area contributed by atoms with Crippen LogP contribution in [0.1, 0.15) is 42.0 Å². The molecule has 0 aromatic heterocycles. The number of aryl methyl sites for hydroxylation is 1. The number of nitrogens with one attached hydrogen (secondary N) is 1. The van der Waals surface area contributed by atoms with Gasteiger partial charge in [-0.15, -0.1) is 0 Å². The molecule has 1 aliphatic heterocycles. The number of ether oxygens (including phenoxy) is 1. The molecule has 1 N–H and O–H groups in total. The third-order valence-corrected chi connectivity index (χ3v) is 4.23. The number of hydrogen-bond donors (Lipinski definition) is 1. The second-order valence-corrected chi connectivity index (χ2v) is 6.47. The van der Waals surface area contributed by atoms with Crippen molar-refractivity contribution < 1.29 is 9.53 Å². The normalized spacial score (nSPS) is 15.5. The van der Waals surface area contributed by atoms with Gasteiger partial charge in [0.05, 0.1) is 7.11 Å². The molecule has 3 rings (SSSR count). The van der Waals surface area contributed by atoms with Crippen LogP contribution in [0.15, 0.2) is 53.2 Å². The first-order chi connectivity index (χ1) is 12.0. The van der Waals surface area contributed by atoms with Gasteiger partial charge in [-0.25, -0.2) is 4.99 Å². The molecule has 2 aromatic carbocycles. The summed E-state index contributed by atoms with van der Waals surface area (Å²) in [6, 6.07) is 13.9. The summed E-state index contributed by atoms with van der Waals surface area (Å²) in [6.45, 7) is 6.29. The van der Waals surface area contributed by atoms with E-state index >= 15 is 0 Å². The number of carbonyl (C=O) groups is 1. The van der Waals surface area contributed by atoms with Crippen LogP contribution in [-0.2, 0) is 4.79 Å². The molecule has 1 amide bonds. The maximum absolute atomic E-state index is 12.3. The lowest BCUT2D eigenvalue weighted by Gasteiger charge is -2.10. The summed E-state index contributed by atoms with van der Waals surface area (Å²) in [4.78, 5) is 16.8. The van der Waals surface area contributed by atoms with Crippen LogP contribution < -0.4 is 10.1 Å². The third kappa shape index (κ3) is 3.63. The Bertz CT molecular complexity index is 862. The van der Waals surface area contributed by atoms with Gasteiger partial charge < -0.3 is 10.1 Å². The Hall–Kier alpha value is -2.88. The zero-order chi connectivity index (χ0) is 18.0. The summed E-state index contributed by atoms with van der Waals surface area (Å²) in [5, 5.41) is 2.84. The molecule has 0 aliphatic carbocycles. The van der Waals surface area contributed by atoms with Crippen molar-refractivity contribution in [2.75, 3.05) is 7.11 Å². The maximum Gasteiger partial charge on any atom is 0.275 e. The largest absolute Gasteiger partial charge is 0.496 e. The van der Waals surface area contributed by atoms with Crippen molar-refractivity contribution in [1.82, 2.24) is 5.32 Å². The molecule has 1 heterocycles. The first-order valence-electron chi connectivity index (χ1n) is 8.34. The number of amidine groups is 1. The summed E-state index contributed by atoms with van der Waals surface area (Å²) in [6.07, 6.45) is 1.78. The molecule has 0 fully saturated rings. The molecule has 25 heavy (non-hydrogen) atoms. The van der Waals surface area contributed by atoms with Crippen LogP contribution in [0.5, 0.6) is 5.75 Å². The molecule has 4 heteroatoms.